The molecular weight excluding hydrogens is 496 g/mol. The molecule has 10 nitrogen and oxygen atoms in total. The van der Waals surface area contributed by atoms with Crippen LogP contribution in [0.2, 0.25) is 0 Å². The Labute approximate surface area is 208 Å². The lowest BCUT2D eigenvalue weighted by atomic mass is 10.0. The minimum atomic E-state index is -1.52. The molecule has 13 heteroatoms. The van der Waals surface area contributed by atoms with Crippen LogP contribution in [0.5, 0.6) is 0 Å². The van der Waals surface area contributed by atoms with Gasteiger partial charge in [0.05, 0.1) is 12.3 Å². The number of anilines is 2. The fraction of sp³-hybridized carbons (Fsp3) is 0.174. The second-order valence-electron chi connectivity index (χ2n) is 7.27. The molecule has 2 aromatic carbocycles. The number of nitrogens with two attached hydrogens (primary N) is 2. The Balaban J connectivity index is 2.15. The number of hydrogen-bond acceptors (Lipinski definition) is 8. The van der Waals surface area contributed by atoms with E-state index in [2.05, 4.69) is 9.69 Å². The molecule has 3 aromatic rings. The molecule has 5 N–H and O–H groups in total. The molecule has 1 atom stereocenters. The van der Waals surface area contributed by atoms with Crippen molar-refractivity contribution in [2.24, 2.45) is 5.73 Å². The average Bonchev–Trinajstić information content (AvgIpc) is 3.23. The molecule has 188 valence electrons. The number of esters is 1. The Morgan fingerprint density at radius 1 is 1.11 bits per heavy atom. The van der Waals surface area contributed by atoms with Crippen molar-refractivity contribution in [2.45, 2.75) is 13.0 Å². The Morgan fingerprint density at radius 3 is 2.39 bits per heavy atom. The summed E-state index contributed by atoms with van der Waals surface area (Å²) in [6.07, 6.45) is 0. The first-order chi connectivity index (χ1) is 17.1. The van der Waals surface area contributed by atoms with E-state index in [0.717, 1.165) is 29.2 Å². The van der Waals surface area contributed by atoms with Crippen LogP contribution < -0.4 is 21.7 Å². The lowest BCUT2D eigenvalue weighted by molar-refractivity contribution is -0.143. The fourth-order valence-corrected chi connectivity index (χ4v) is 4.02. The average molecular weight is 518 g/mol. The monoisotopic (exact) mass is 517 g/mol. The predicted molar refractivity (Wildman–Crippen MR) is 127 cm³/mol. The van der Waals surface area contributed by atoms with Crippen LogP contribution in [0.3, 0.4) is 0 Å². The minimum Gasteiger partial charge on any atom is -0.465 e. The Hall–Kier alpha value is -4.39. The first-order valence-corrected chi connectivity index (χ1v) is 11.2. The molecule has 0 spiro atoms. The fourth-order valence-electron chi connectivity index (χ4n) is 3.28. The Morgan fingerprint density at radius 2 is 1.81 bits per heavy atom. The van der Waals surface area contributed by atoms with E-state index in [9.17, 15) is 28.0 Å². The zero-order valence-electron chi connectivity index (χ0n) is 18.9. The number of nitrogens with zero attached hydrogens (tertiary/aromatic N) is 2. The summed E-state index contributed by atoms with van der Waals surface area (Å²) in [4.78, 5) is 51.2. The van der Waals surface area contributed by atoms with Gasteiger partial charge in [-0.3, -0.25) is 24.1 Å². The quantitative estimate of drug-likeness (QED) is 0.367. The van der Waals surface area contributed by atoms with Crippen LogP contribution in [0.1, 0.15) is 38.7 Å². The molecule has 0 aliphatic rings. The maximum Gasteiger partial charge on any atom is 0.325 e. The van der Waals surface area contributed by atoms with Gasteiger partial charge in [0, 0.05) is 5.69 Å². The summed E-state index contributed by atoms with van der Waals surface area (Å²) in [7, 11) is 0. The number of carbonyl (C=O) groups excluding carboxylic acids is 4. The van der Waals surface area contributed by atoms with Gasteiger partial charge in [-0.05, 0) is 54.4 Å². The van der Waals surface area contributed by atoms with E-state index in [4.69, 9.17) is 16.2 Å². The number of rotatable bonds is 9. The van der Waals surface area contributed by atoms with Gasteiger partial charge in [0.2, 0.25) is 5.91 Å². The summed E-state index contributed by atoms with van der Waals surface area (Å²) < 4.78 is 36.5. The van der Waals surface area contributed by atoms with E-state index in [-0.39, 0.29) is 34.1 Å². The maximum absolute atomic E-state index is 14.2. The summed E-state index contributed by atoms with van der Waals surface area (Å²) in [5.74, 6) is -4.79. The topological polar surface area (TPSA) is 158 Å². The van der Waals surface area contributed by atoms with Gasteiger partial charge < -0.3 is 21.5 Å². The van der Waals surface area contributed by atoms with Crippen LogP contribution in [-0.2, 0) is 14.3 Å². The molecule has 1 aromatic heterocycles. The third-order valence-corrected chi connectivity index (χ3v) is 5.72. The summed E-state index contributed by atoms with van der Waals surface area (Å²) in [6.45, 7) is 1.14. The highest BCUT2D eigenvalue weighted by Crippen LogP contribution is 2.33. The van der Waals surface area contributed by atoms with E-state index in [1.165, 1.54) is 24.3 Å². The summed E-state index contributed by atoms with van der Waals surface area (Å²) in [5.41, 5.74) is 10.6. The van der Waals surface area contributed by atoms with Crippen molar-refractivity contribution in [3.05, 3.63) is 76.3 Å². The number of halogens is 2. The van der Waals surface area contributed by atoms with E-state index < -0.39 is 47.9 Å². The number of benzene rings is 2. The molecule has 3 amide bonds. The third-order valence-electron chi connectivity index (χ3n) is 4.87. The largest absolute Gasteiger partial charge is 0.465 e. The van der Waals surface area contributed by atoms with Gasteiger partial charge >= 0.3 is 5.97 Å². The number of nitrogens with one attached hydrogen (secondary N) is 1. The van der Waals surface area contributed by atoms with E-state index in [1.54, 1.807) is 6.92 Å². The standard InChI is InChI=1S/C23H21F2N5O5S/c1-2-35-16(31)11-28-22(33)19(12-6-8-13(24)9-7-12)30(15-5-3-4-14(25)10-15)23(34)20-17(26)18(21(27)32)29-36-20/h3-10,19H,2,11,26H2,1H3,(H2,27,32)(H,28,33). The molecular formula is C23H21F2N5O5S. The number of aromatic nitrogens is 1. The lowest BCUT2D eigenvalue weighted by Gasteiger charge is -2.31. The molecule has 0 aliphatic carbocycles. The van der Waals surface area contributed by atoms with E-state index >= 15 is 0 Å². The highest BCUT2D eigenvalue weighted by molar-refractivity contribution is 7.09. The molecule has 0 saturated heterocycles. The number of amides is 3. The zero-order chi connectivity index (χ0) is 26.4. The van der Waals surface area contributed by atoms with Crippen LogP contribution >= 0.6 is 11.5 Å². The van der Waals surface area contributed by atoms with Gasteiger partial charge in [-0.1, -0.05) is 18.2 Å². The highest BCUT2D eigenvalue weighted by Gasteiger charge is 2.36. The maximum atomic E-state index is 14.2. The molecule has 0 aliphatic heterocycles. The van der Waals surface area contributed by atoms with Crippen molar-refractivity contribution < 1.29 is 32.7 Å². The van der Waals surface area contributed by atoms with Gasteiger partial charge in [0.1, 0.15) is 29.1 Å². The molecule has 0 bridgehead atoms. The van der Waals surface area contributed by atoms with Crippen LogP contribution in [-0.4, -0.2) is 41.2 Å². The molecule has 1 unspecified atom stereocenters. The molecule has 0 fully saturated rings. The van der Waals surface area contributed by atoms with Crippen molar-refractivity contribution in [1.29, 1.82) is 0 Å². The van der Waals surface area contributed by atoms with Crippen molar-refractivity contribution in [2.75, 3.05) is 23.8 Å². The highest BCUT2D eigenvalue weighted by atomic mass is 32.1. The summed E-state index contributed by atoms with van der Waals surface area (Å²) in [6, 6.07) is 7.95. The van der Waals surface area contributed by atoms with Crippen molar-refractivity contribution in [3.8, 4) is 0 Å². The number of primary amides is 1. The van der Waals surface area contributed by atoms with Crippen LogP contribution in [0.25, 0.3) is 0 Å². The number of hydrogen-bond donors (Lipinski definition) is 3. The molecule has 36 heavy (non-hydrogen) atoms. The third kappa shape index (κ3) is 5.81. The van der Waals surface area contributed by atoms with Crippen LogP contribution in [0.15, 0.2) is 48.5 Å². The first-order valence-electron chi connectivity index (χ1n) is 10.5. The molecule has 0 radical (unpaired) electrons. The van der Waals surface area contributed by atoms with Crippen molar-refractivity contribution in [1.82, 2.24) is 9.69 Å². The van der Waals surface area contributed by atoms with Gasteiger partial charge in [-0.2, -0.15) is 4.37 Å². The Bertz CT molecular complexity index is 1300. The number of nitrogen functional groups attached to an aromatic ring is 1. The minimum absolute atomic E-state index is 0.0611. The van der Waals surface area contributed by atoms with Gasteiger partial charge in [-0.15, -0.1) is 0 Å². The van der Waals surface area contributed by atoms with Gasteiger partial charge in [0.25, 0.3) is 11.8 Å². The molecule has 1 heterocycles. The second kappa shape index (κ2) is 11.4. The predicted octanol–water partition coefficient (Wildman–Crippen LogP) is 2.17. The SMILES string of the molecule is CCOC(=O)CNC(=O)C(c1ccc(F)cc1)N(C(=O)c1snc(C(N)=O)c1N)c1cccc(F)c1. The lowest BCUT2D eigenvalue weighted by Crippen LogP contribution is -2.45. The van der Waals surface area contributed by atoms with Crippen LogP contribution in [0.4, 0.5) is 20.2 Å². The van der Waals surface area contributed by atoms with Crippen molar-refractivity contribution >= 4 is 46.6 Å². The smallest absolute Gasteiger partial charge is 0.325 e. The van der Waals surface area contributed by atoms with E-state index in [1.807, 2.05) is 0 Å². The van der Waals surface area contributed by atoms with Crippen molar-refractivity contribution in [3.63, 3.8) is 0 Å². The van der Waals surface area contributed by atoms with Gasteiger partial charge in [0.15, 0.2) is 5.69 Å². The first kappa shape index (κ1) is 26.2. The van der Waals surface area contributed by atoms with E-state index in [0.29, 0.717) is 11.5 Å². The normalized spacial score (nSPS) is 11.4. The zero-order valence-corrected chi connectivity index (χ0v) is 19.7. The number of carbonyl (C=O) groups is 4. The van der Waals surface area contributed by atoms with Gasteiger partial charge in [-0.25, -0.2) is 8.78 Å². The number of ether oxygens (including phenoxy) is 1. The van der Waals surface area contributed by atoms with Crippen LogP contribution in [0, 0.1) is 11.6 Å². The summed E-state index contributed by atoms with van der Waals surface area (Å²) >= 11 is 0.565. The Kier molecular flexibility index (Phi) is 8.27. The molecule has 3 rings (SSSR count). The molecule has 0 saturated carbocycles. The second-order valence-corrected chi connectivity index (χ2v) is 8.04. The summed E-state index contributed by atoms with van der Waals surface area (Å²) in [5, 5.41) is 2.38.